The quantitative estimate of drug-likeness (QED) is 0.744. The van der Waals surface area contributed by atoms with Gasteiger partial charge >= 0.3 is 0 Å². The van der Waals surface area contributed by atoms with E-state index >= 15 is 0 Å². The fourth-order valence-electron chi connectivity index (χ4n) is 2.20. The number of hydrogen-bond donors (Lipinski definition) is 1. The summed E-state index contributed by atoms with van der Waals surface area (Å²) in [5.74, 6) is 0. The molecule has 0 bridgehead atoms. The Balaban J connectivity index is 2.10. The lowest BCUT2D eigenvalue weighted by molar-refractivity contribution is 0.602. The summed E-state index contributed by atoms with van der Waals surface area (Å²) in [6.07, 6.45) is 1.19. The monoisotopic (exact) mass is 339 g/mol. The smallest absolute Gasteiger partial charge is 0.175 e. The maximum absolute atomic E-state index is 11.5. The third-order valence-corrected chi connectivity index (χ3v) is 4.91. The molecule has 1 aromatic heterocycles. The molecule has 3 rings (SSSR count). The molecule has 108 valence electrons. The van der Waals surface area contributed by atoms with Crippen molar-refractivity contribution in [1.82, 2.24) is 4.98 Å². The Kier molecular flexibility index (Phi) is 3.48. The van der Waals surface area contributed by atoms with Crippen LogP contribution in [0.25, 0.3) is 22.2 Å². The SMILES string of the molecule is CS(=O)(=O)c1ccc(-c2cc3c(Cl)cc(Cl)cc3[nH]2)cc1. The summed E-state index contributed by atoms with van der Waals surface area (Å²) in [6.45, 7) is 0. The van der Waals surface area contributed by atoms with Crippen LogP contribution in [0.5, 0.6) is 0 Å². The molecule has 1 heterocycles. The van der Waals surface area contributed by atoms with Gasteiger partial charge in [-0.2, -0.15) is 0 Å². The second kappa shape index (κ2) is 5.05. The highest BCUT2D eigenvalue weighted by Gasteiger charge is 2.10. The Labute approximate surface area is 132 Å². The summed E-state index contributed by atoms with van der Waals surface area (Å²) in [5.41, 5.74) is 2.58. The van der Waals surface area contributed by atoms with Crippen LogP contribution in [0.4, 0.5) is 0 Å². The minimum absolute atomic E-state index is 0.295. The van der Waals surface area contributed by atoms with Crippen LogP contribution in [0.15, 0.2) is 47.4 Å². The molecule has 0 spiro atoms. The van der Waals surface area contributed by atoms with Crippen LogP contribution >= 0.6 is 23.2 Å². The van der Waals surface area contributed by atoms with Gasteiger partial charge in [0, 0.05) is 27.9 Å². The third kappa shape index (κ3) is 2.79. The Bertz CT molecular complexity index is 928. The van der Waals surface area contributed by atoms with Crippen LogP contribution in [0.2, 0.25) is 10.0 Å². The molecule has 0 radical (unpaired) electrons. The molecule has 0 aliphatic heterocycles. The lowest BCUT2D eigenvalue weighted by Crippen LogP contribution is -1.96. The van der Waals surface area contributed by atoms with Crippen molar-refractivity contribution in [2.75, 3.05) is 6.26 Å². The molecule has 21 heavy (non-hydrogen) atoms. The minimum Gasteiger partial charge on any atom is -0.354 e. The van der Waals surface area contributed by atoms with Gasteiger partial charge in [-0.15, -0.1) is 0 Å². The zero-order valence-electron chi connectivity index (χ0n) is 11.0. The Morgan fingerprint density at radius 3 is 2.29 bits per heavy atom. The van der Waals surface area contributed by atoms with Gasteiger partial charge in [-0.05, 0) is 35.9 Å². The summed E-state index contributed by atoms with van der Waals surface area (Å²) in [4.78, 5) is 3.53. The van der Waals surface area contributed by atoms with Gasteiger partial charge in [0.15, 0.2) is 9.84 Å². The highest BCUT2D eigenvalue weighted by Crippen LogP contribution is 2.32. The zero-order valence-corrected chi connectivity index (χ0v) is 13.4. The largest absolute Gasteiger partial charge is 0.354 e. The minimum atomic E-state index is -3.19. The van der Waals surface area contributed by atoms with Crippen molar-refractivity contribution in [3.63, 3.8) is 0 Å². The Morgan fingerprint density at radius 1 is 1.00 bits per heavy atom. The summed E-state index contributed by atoms with van der Waals surface area (Å²) >= 11 is 12.1. The predicted octanol–water partition coefficient (Wildman–Crippen LogP) is 4.55. The fraction of sp³-hybridized carbons (Fsp3) is 0.0667. The second-order valence-electron chi connectivity index (χ2n) is 4.83. The molecule has 3 aromatic rings. The second-order valence-corrected chi connectivity index (χ2v) is 7.69. The molecule has 0 aliphatic carbocycles. The van der Waals surface area contributed by atoms with E-state index in [4.69, 9.17) is 23.2 Å². The van der Waals surface area contributed by atoms with Crippen LogP contribution in [-0.2, 0) is 9.84 Å². The maximum Gasteiger partial charge on any atom is 0.175 e. The molecule has 0 unspecified atom stereocenters. The first-order valence-electron chi connectivity index (χ1n) is 6.13. The number of H-pyrrole nitrogens is 1. The first kappa shape index (κ1) is 14.4. The summed E-state index contributed by atoms with van der Waals surface area (Å²) in [7, 11) is -3.19. The molecular formula is C15H11Cl2NO2S. The number of nitrogens with one attached hydrogen (secondary N) is 1. The fourth-order valence-corrected chi connectivity index (χ4v) is 3.38. The van der Waals surface area contributed by atoms with Gasteiger partial charge in [0.1, 0.15) is 0 Å². The van der Waals surface area contributed by atoms with Crippen LogP contribution < -0.4 is 0 Å². The van der Waals surface area contributed by atoms with E-state index in [1.165, 1.54) is 6.26 Å². The summed E-state index contributed by atoms with van der Waals surface area (Å²) in [5, 5.41) is 2.02. The molecule has 0 atom stereocenters. The third-order valence-electron chi connectivity index (χ3n) is 3.25. The van der Waals surface area contributed by atoms with Crippen molar-refractivity contribution in [1.29, 1.82) is 0 Å². The van der Waals surface area contributed by atoms with Crippen molar-refractivity contribution in [2.24, 2.45) is 0 Å². The van der Waals surface area contributed by atoms with Gasteiger partial charge in [0.25, 0.3) is 0 Å². The molecule has 0 fully saturated rings. The molecule has 0 saturated carbocycles. The number of fused-ring (bicyclic) bond motifs is 1. The van der Waals surface area contributed by atoms with Gasteiger partial charge in [-0.3, -0.25) is 0 Å². The molecule has 2 aromatic carbocycles. The van der Waals surface area contributed by atoms with E-state index in [2.05, 4.69) is 4.98 Å². The lowest BCUT2D eigenvalue weighted by Gasteiger charge is -2.00. The number of aromatic nitrogens is 1. The summed E-state index contributed by atoms with van der Waals surface area (Å²) < 4.78 is 22.9. The van der Waals surface area contributed by atoms with Gasteiger partial charge in [0.2, 0.25) is 0 Å². The average Bonchev–Trinajstić information content (AvgIpc) is 2.82. The standard InChI is InChI=1S/C15H11Cl2NO2S/c1-21(19,20)11-4-2-9(3-5-11)14-8-12-13(17)6-10(16)7-15(12)18-14/h2-8,18H,1H3. The first-order chi connectivity index (χ1) is 9.84. The molecule has 0 amide bonds. The van der Waals surface area contributed by atoms with Gasteiger partial charge < -0.3 is 4.98 Å². The number of rotatable bonds is 2. The Hall–Kier alpha value is -1.49. The van der Waals surface area contributed by atoms with Crippen molar-refractivity contribution in [2.45, 2.75) is 4.90 Å². The van der Waals surface area contributed by atoms with Gasteiger partial charge in [0.05, 0.1) is 9.92 Å². The lowest BCUT2D eigenvalue weighted by atomic mass is 10.1. The molecular weight excluding hydrogens is 329 g/mol. The van der Waals surface area contributed by atoms with Gasteiger partial charge in [-0.25, -0.2) is 8.42 Å². The first-order valence-corrected chi connectivity index (χ1v) is 8.77. The van der Waals surface area contributed by atoms with Crippen LogP contribution in [-0.4, -0.2) is 19.7 Å². The molecule has 6 heteroatoms. The van der Waals surface area contributed by atoms with E-state index < -0.39 is 9.84 Å². The molecule has 1 N–H and O–H groups in total. The zero-order chi connectivity index (χ0) is 15.2. The van der Waals surface area contributed by atoms with Crippen molar-refractivity contribution in [3.8, 4) is 11.3 Å². The maximum atomic E-state index is 11.5. The molecule has 0 aliphatic rings. The highest BCUT2D eigenvalue weighted by atomic mass is 35.5. The predicted molar refractivity (Wildman–Crippen MR) is 86.9 cm³/mol. The normalized spacial score (nSPS) is 12.0. The Morgan fingerprint density at radius 2 is 1.67 bits per heavy atom. The molecule has 3 nitrogen and oxygen atoms in total. The number of halogens is 2. The molecule has 0 saturated heterocycles. The van der Waals surface area contributed by atoms with Crippen LogP contribution in [0.3, 0.4) is 0 Å². The van der Waals surface area contributed by atoms with Crippen molar-refractivity contribution >= 4 is 43.9 Å². The number of benzene rings is 2. The average molecular weight is 340 g/mol. The van der Waals surface area contributed by atoms with E-state index in [-0.39, 0.29) is 0 Å². The number of hydrogen-bond acceptors (Lipinski definition) is 2. The van der Waals surface area contributed by atoms with E-state index in [9.17, 15) is 8.42 Å². The van der Waals surface area contributed by atoms with Crippen molar-refractivity contribution in [3.05, 3.63) is 52.5 Å². The van der Waals surface area contributed by atoms with E-state index in [1.54, 1.807) is 36.4 Å². The van der Waals surface area contributed by atoms with Crippen molar-refractivity contribution < 1.29 is 8.42 Å². The van der Waals surface area contributed by atoms with Crippen LogP contribution in [0.1, 0.15) is 0 Å². The highest BCUT2D eigenvalue weighted by molar-refractivity contribution is 7.90. The summed E-state index contributed by atoms with van der Waals surface area (Å²) in [6, 6.07) is 12.1. The van der Waals surface area contributed by atoms with E-state index in [1.807, 2.05) is 6.07 Å². The van der Waals surface area contributed by atoms with E-state index in [0.29, 0.717) is 14.9 Å². The topological polar surface area (TPSA) is 49.9 Å². The van der Waals surface area contributed by atoms with Crippen LogP contribution in [0, 0.1) is 0 Å². The van der Waals surface area contributed by atoms with E-state index in [0.717, 1.165) is 22.2 Å². The number of aromatic amines is 1. The number of sulfone groups is 1. The van der Waals surface area contributed by atoms with Gasteiger partial charge in [-0.1, -0.05) is 35.3 Å².